The van der Waals surface area contributed by atoms with Gasteiger partial charge in [0, 0.05) is 34.8 Å². The van der Waals surface area contributed by atoms with Crippen LogP contribution in [0.3, 0.4) is 0 Å². The molecule has 2 aliphatic carbocycles. The Labute approximate surface area is 239 Å². The van der Waals surface area contributed by atoms with E-state index in [-0.39, 0.29) is 51.1 Å². The van der Waals surface area contributed by atoms with Crippen LogP contribution in [0.15, 0.2) is 60.4 Å². The minimum atomic E-state index is -1.03. The lowest BCUT2D eigenvalue weighted by atomic mass is 9.91. The van der Waals surface area contributed by atoms with Gasteiger partial charge in [0.05, 0.1) is 38.4 Å². The molecule has 2 aliphatic rings. The van der Waals surface area contributed by atoms with Crippen LogP contribution in [0.5, 0.6) is 5.75 Å². The zero-order chi connectivity index (χ0) is 27.9. The van der Waals surface area contributed by atoms with Crippen molar-refractivity contribution in [2.24, 2.45) is 11.7 Å². The van der Waals surface area contributed by atoms with Gasteiger partial charge in [0.15, 0.2) is 5.78 Å². The highest BCUT2D eigenvalue weighted by atomic mass is 35.5. The molecular weight excluding hydrogens is 561 g/mol. The number of pyridine rings is 1. The van der Waals surface area contributed by atoms with Gasteiger partial charge in [0.25, 0.3) is 0 Å². The number of carboxylic acids is 1. The SMILES string of the molecule is N#CC1(c2ccc(OCC(C(=O)C3CC3)=C(N)c3c(Cl)cncc3Cl)cc2Cl)CC1c1cccc(C(=O)O)c1. The van der Waals surface area contributed by atoms with E-state index in [1.165, 1.54) is 18.5 Å². The van der Waals surface area contributed by atoms with Crippen molar-refractivity contribution in [1.29, 1.82) is 5.26 Å². The van der Waals surface area contributed by atoms with E-state index in [0.29, 0.717) is 28.3 Å². The van der Waals surface area contributed by atoms with Crippen LogP contribution in [0.4, 0.5) is 0 Å². The van der Waals surface area contributed by atoms with Crippen LogP contribution in [0.2, 0.25) is 15.1 Å². The van der Waals surface area contributed by atoms with E-state index in [1.54, 1.807) is 30.3 Å². The molecule has 3 N–H and O–H groups in total. The summed E-state index contributed by atoms with van der Waals surface area (Å²) in [6.07, 6.45) is 4.88. The lowest BCUT2D eigenvalue weighted by Gasteiger charge is -2.16. The Bertz CT molecular complexity index is 1560. The van der Waals surface area contributed by atoms with Gasteiger partial charge in [0.2, 0.25) is 0 Å². The first kappa shape index (κ1) is 27.0. The fourth-order valence-electron chi connectivity index (χ4n) is 4.83. The smallest absolute Gasteiger partial charge is 0.335 e. The second-order valence-electron chi connectivity index (χ2n) is 9.71. The number of nitrogens with zero attached hydrogens (tertiary/aromatic N) is 2. The van der Waals surface area contributed by atoms with E-state index >= 15 is 0 Å². The van der Waals surface area contributed by atoms with Crippen LogP contribution in [0, 0.1) is 17.2 Å². The first-order chi connectivity index (χ1) is 18.7. The Kier molecular flexibility index (Phi) is 7.30. The minimum Gasteiger partial charge on any atom is -0.489 e. The fourth-order valence-corrected chi connectivity index (χ4v) is 5.74. The largest absolute Gasteiger partial charge is 0.489 e. The molecule has 2 atom stereocenters. The molecular formula is C29H22Cl3N3O4. The molecule has 7 nitrogen and oxygen atoms in total. The van der Waals surface area contributed by atoms with E-state index < -0.39 is 11.4 Å². The van der Waals surface area contributed by atoms with Crippen molar-refractivity contribution in [1.82, 2.24) is 4.98 Å². The van der Waals surface area contributed by atoms with Crippen molar-refractivity contribution in [3.05, 3.63) is 97.8 Å². The van der Waals surface area contributed by atoms with Crippen LogP contribution >= 0.6 is 34.8 Å². The minimum absolute atomic E-state index is 0.116. The number of hydrogen-bond acceptors (Lipinski definition) is 6. The summed E-state index contributed by atoms with van der Waals surface area (Å²) in [5, 5.41) is 20.2. The van der Waals surface area contributed by atoms with Gasteiger partial charge in [-0.2, -0.15) is 5.26 Å². The van der Waals surface area contributed by atoms with E-state index in [2.05, 4.69) is 11.1 Å². The summed E-state index contributed by atoms with van der Waals surface area (Å²) in [6, 6.07) is 14.0. The zero-order valence-corrected chi connectivity index (χ0v) is 22.7. The Morgan fingerprint density at radius 2 is 1.82 bits per heavy atom. The number of aromatic nitrogens is 1. The Balaban J connectivity index is 1.39. The van der Waals surface area contributed by atoms with Crippen LogP contribution in [0.25, 0.3) is 5.70 Å². The maximum absolute atomic E-state index is 13.1. The third-order valence-corrected chi connectivity index (χ3v) is 8.08. The second-order valence-corrected chi connectivity index (χ2v) is 10.9. The van der Waals surface area contributed by atoms with Gasteiger partial charge in [-0.05, 0) is 54.7 Å². The van der Waals surface area contributed by atoms with Crippen molar-refractivity contribution >= 4 is 52.3 Å². The number of halogens is 3. The number of ketones is 1. The average Bonchev–Trinajstić information content (AvgIpc) is 3.84. The van der Waals surface area contributed by atoms with E-state index in [1.807, 2.05) is 6.07 Å². The highest BCUT2D eigenvalue weighted by molar-refractivity contribution is 6.37. The summed E-state index contributed by atoms with van der Waals surface area (Å²) in [7, 11) is 0. The number of hydrogen-bond donors (Lipinski definition) is 2. The predicted molar refractivity (Wildman–Crippen MR) is 148 cm³/mol. The molecule has 198 valence electrons. The molecule has 2 unspecified atom stereocenters. The first-order valence-electron chi connectivity index (χ1n) is 12.2. The normalized spacial score (nSPS) is 20.5. The molecule has 39 heavy (non-hydrogen) atoms. The van der Waals surface area contributed by atoms with Crippen LogP contribution in [-0.2, 0) is 10.2 Å². The maximum Gasteiger partial charge on any atom is 0.335 e. The van der Waals surface area contributed by atoms with Crippen molar-refractivity contribution in [3.8, 4) is 11.8 Å². The number of carbonyl (C=O) groups excluding carboxylic acids is 1. The monoisotopic (exact) mass is 581 g/mol. The number of nitrogens with two attached hydrogens (primary N) is 1. The number of ether oxygens (including phenoxy) is 1. The number of carbonyl (C=O) groups is 2. The summed E-state index contributed by atoms with van der Waals surface area (Å²) in [5.41, 5.74) is 7.81. The van der Waals surface area contributed by atoms with Crippen molar-refractivity contribution in [2.75, 3.05) is 6.61 Å². The van der Waals surface area contributed by atoms with Crippen LogP contribution in [0.1, 0.15) is 52.2 Å². The van der Waals surface area contributed by atoms with E-state index in [0.717, 1.165) is 18.4 Å². The Hall–Kier alpha value is -3.57. The molecule has 2 fully saturated rings. The molecule has 5 rings (SSSR count). The van der Waals surface area contributed by atoms with Crippen LogP contribution < -0.4 is 10.5 Å². The highest BCUT2D eigenvalue weighted by Crippen LogP contribution is 2.61. The number of rotatable bonds is 9. The number of nitriles is 1. The fraction of sp³-hybridized carbons (Fsp3) is 0.241. The third-order valence-electron chi connectivity index (χ3n) is 7.19. The van der Waals surface area contributed by atoms with Gasteiger partial charge >= 0.3 is 5.97 Å². The first-order valence-corrected chi connectivity index (χ1v) is 13.3. The quantitative estimate of drug-likeness (QED) is 0.279. The molecule has 2 saturated carbocycles. The summed E-state index contributed by atoms with van der Waals surface area (Å²) in [6.45, 7) is -0.125. The van der Waals surface area contributed by atoms with E-state index in [9.17, 15) is 20.0 Å². The molecule has 1 aromatic heterocycles. The average molecular weight is 583 g/mol. The molecule has 0 aliphatic heterocycles. The van der Waals surface area contributed by atoms with Crippen molar-refractivity contribution in [3.63, 3.8) is 0 Å². The predicted octanol–water partition coefficient (Wildman–Crippen LogP) is 6.42. The van der Waals surface area contributed by atoms with Crippen molar-refractivity contribution in [2.45, 2.75) is 30.6 Å². The second kappa shape index (κ2) is 10.5. The van der Waals surface area contributed by atoms with Gasteiger partial charge in [-0.25, -0.2) is 4.79 Å². The number of aromatic carboxylic acids is 1. The molecule has 0 bridgehead atoms. The van der Waals surface area contributed by atoms with Crippen molar-refractivity contribution < 1.29 is 19.4 Å². The molecule has 0 saturated heterocycles. The molecule has 2 aromatic carbocycles. The molecule has 0 amide bonds. The number of Topliss-reactive ketones (excluding diaryl/α,β-unsaturated/α-hetero) is 1. The molecule has 10 heteroatoms. The molecule has 1 heterocycles. The standard InChI is InChI=1S/C29H22Cl3N3O4/c30-22-9-18(6-7-20(22)29(14-33)10-21(29)16-2-1-3-17(8-16)28(37)38)39-13-19(27(36)15-4-5-15)26(34)25-23(31)11-35-12-24(25)32/h1-3,6-9,11-12,15,21H,4-5,10,13,34H2,(H,37,38). The van der Waals surface area contributed by atoms with Gasteiger partial charge in [-0.15, -0.1) is 0 Å². The molecule has 0 radical (unpaired) electrons. The van der Waals surface area contributed by atoms with E-state index in [4.69, 9.17) is 45.3 Å². The Morgan fingerprint density at radius 3 is 2.44 bits per heavy atom. The third kappa shape index (κ3) is 5.20. The number of carboxylic acid groups (broad SMARTS) is 1. The summed E-state index contributed by atoms with van der Waals surface area (Å²) in [5.74, 6) is -1.06. The van der Waals surface area contributed by atoms with Gasteiger partial charge in [-0.3, -0.25) is 9.78 Å². The topological polar surface area (TPSA) is 126 Å². The summed E-state index contributed by atoms with van der Waals surface area (Å²) in [4.78, 5) is 28.4. The summed E-state index contributed by atoms with van der Waals surface area (Å²) < 4.78 is 5.95. The van der Waals surface area contributed by atoms with Gasteiger partial charge in [-0.1, -0.05) is 53.0 Å². The highest BCUT2D eigenvalue weighted by Gasteiger charge is 2.57. The van der Waals surface area contributed by atoms with Gasteiger partial charge in [0.1, 0.15) is 12.4 Å². The Morgan fingerprint density at radius 1 is 1.10 bits per heavy atom. The molecule has 0 spiro atoms. The molecule has 3 aromatic rings. The number of benzene rings is 2. The lowest BCUT2D eigenvalue weighted by Crippen LogP contribution is -2.19. The zero-order valence-electron chi connectivity index (χ0n) is 20.5. The maximum atomic E-state index is 13.1. The summed E-state index contributed by atoms with van der Waals surface area (Å²) >= 11 is 19.2. The van der Waals surface area contributed by atoms with Gasteiger partial charge < -0.3 is 15.6 Å². The lowest BCUT2D eigenvalue weighted by molar-refractivity contribution is -0.116. The van der Waals surface area contributed by atoms with Crippen LogP contribution in [-0.4, -0.2) is 28.4 Å².